The first kappa shape index (κ1) is 14.9. The Labute approximate surface area is 94.1 Å². The van der Waals surface area contributed by atoms with E-state index in [4.69, 9.17) is 0 Å². The van der Waals surface area contributed by atoms with E-state index in [0.717, 1.165) is 0 Å². The Morgan fingerprint density at radius 1 is 1.20 bits per heavy atom. The topological polar surface area (TPSA) is 49.4 Å². The lowest BCUT2D eigenvalue weighted by Crippen LogP contribution is -2.45. The number of nitrogens with one attached hydrogen (secondary N) is 1. The smallest absolute Gasteiger partial charge is 0.217 e. The van der Waals surface area contributed by atoms with Gasteiger partial charge >= 0.3 is 0 Å². The first-order valence-corrected chi connectivity index (χ1v) is 6.86. The third-order valence-corrected chi connectivity index (χ3v) is 5.26. The maximum atomic E-state index is 12.1. The van der Waals surface area contributed by atoms with Crippen LogP contribution in [0.3, 0.4) is 0 Å². The lowest BCUT2D eigenvalue weighted by Gasteiger charge is -2.29. The number of hydrogen-bond donors (Lipinski definition) is 1. The highest BCUT2D eigenvalue weighted by Crippen LogP contribution is 2.15. The third kappa shape index (κ3) is 3.74. The van der Waals surface area contributed by atoms with Crippen molar-refractivity contribution in [1.29, 1.82) is 0 Å². The first-order valence-electron chi connectivity index (χ1n) is 5.36. The van der Waals surface area contributed by atoms with Crippen molar-refractivity contribution in [3.05, 3.63) is 0 Å². The summed E-state index contributed by atoms with van der Waals surface area (Å²) in [5, 5.41) is 2.51. The van der Waals surface area contributed by atoms with Crippen LogP contribution in [0.4, 0.5) is 0 Å². The van der Waals surface area contributed by atoms with Gasteiger partial charge in [-0.15, -0.1) is 0 Å². The molecule has 2 atom stereocenters. The summed E-state index contributed by atoms with van der Waals surface area (Å²) in [6.45, 7) is 8.21. The highest BCUT2D eigenvalue weighted by molar-refractivity contribution is 7.89. The SMILES string of the molecule is CNCC(C)S(=O)(=O)N(C)C(C)C(C)C. The molecular weight excluding hydrogens is 212 g/mol. The monoisotopic (exact) mass is 236 g/mol. The standard InChI is InChI=1S/C10H24N2O2S/c1-8(2)10(4)12(6)15(13,14)9(3)7-11-5/h8-11H,7H2,1-6H3. The summed E-state index contributed by atoms with van der Waals surface area (Å²) in [6.07, 6.45) is 0. The predicted molar refractivity (Wildman–Crippen MR) is 64.4 cm³/mol. The van der Waals surface area contributed by atoms with Crippen LogP contribution in [0.15, 0.2) is 0 Å². The van der Waals surface area contributed by atoms with Crippen LogP contribution in [0.25, 0.3) is 0 Å². The molecule has 1 N–H and O–H groups in total. The highest BCUT2D eigenvalue weighted by atomic mass is 32.2. The molecule has 0 aliphatic rings. The van der Waals surface area contributed by atoms with E-state index in [1.807, 2.05) is 20.8 Å². The van der Waals surface area contributed by atoms with E-state index >= 15 is 0 Å². The average molecular weight is 236 g/mol. The summed E-state index contributed by atoms with van der Waals surface area (Å²) in [5.74, 6) is 0.326. The fraction of sp³-hybridized carbons (Fsp3) is 1.00. The van der Waals surface area contributed by atoms with Gasteiger partial charge in [0.05, 0.1) is 5.25 Å². The quantitative estimate of drug-likeness (QED) is 0.745. The van der Waals surface area contributed by atoms with E-state index in [1.54, 1.807) is 21.0 Å². The van der Waals surface area contributed by atoms with Crippen molar-refractivity contribution in [2.75, 3.05) is 20.6 Å². The summed E-state index contributed by atoms with van der Waals surface area (Å²) >= 11 is 0. The Morgan fingerprint density at radius 2 is 1.67 bits per heavy atom. The lowest BCUT2D eigenvalue weighted by molar-refractivity contribution is 0.312. The summed E-state index contributed by atoms with van der Waals surface area (Å²) in [5.41, 5.74) is 0. The normalized spacial score (nSPS) is 17.1. The third-order valence-electron chi connectivity index (χ3n) is 2.94. The maximum Gasteiger partial charge on any atom is 0.217 e. The molecular formula is C10H24N2O2S. The van der Waals surface area contributed by atoms with Gasteiger partial charge < -0.3 is 5.32 Å². The minimum Gasteiger partial charge on any atom is -0.318 e. The Hall–Kier alpha value is -0.130. The van der Waals surface area contributed by atoms with Gasteiger partial charge in [0, 0.05) is 19.6 Å². The Balaban J connectivity index is 4.73. The second-order valence-corrected chi connectivity index (χ2v) is 6.82. The lowest BCUT2D eigenvalue weighted by atomic mass is 10.1. The van der Waals surface area contributed by atoms with Crippen LogP contribution in [0.2, 0.25) is 0 Å². The fourth-order valence-electron chi connectivity index (χ4n) is 1.33. The molecule has 0 spiro atoms. The Kier molecular flexibility index (Phi) is 5.77. The second kappa shape index (κ2) is 5.82. The first-order chi connectivity index (χ1) is 6.75. The van der Waals surface area contributed by atoms with Gasteiger partial charge in [0.15, 0.2) is 0 Å². The number of nitrogens with zero attached hydrogens (tertiary/aromatic N) is 1. The zero-order valence-electron chi connectivity index (χ0n) is 10.6. The molecule has 0 fully saturated rings. The van der Waals surface area contributed by atoms with Crippen molar-refractivity contribution >= 4 is 10.0 Å². The van der Waals surface area contributed by atoms with E-state index in [0.29, 0.717) is 12.5 Å². The van der Waals surface area contributed by atoms with Crippen LogP contribution >= 0.6 is 0 Å². The van der Waals surface area contributed by atoms with Crippen molar-refractivity contribution in [3.63, 3.8) is 0 Å². The van der Waals surface area contributed by atoms with Gasteiger partial charge in [-0.05, 0) is 26.8 Å². The van der Waals surface area contributed by atoms with Crippen LogP contribution in [-0.2, 0) is 10.0 Å². The zero-order chi connectivity index (χ0) is 12.2. The number of rotatable bonds is 6. The van der Waals surface area contributed by atoms with Gasteiger partial charge in [0.2, 0.25) is 10.0 Å². The molecule has 15 heavy (non-hydrogen) atoms. The molecule has 2 unspecified atom stereocenters. The van der Waals surface area contributed by atoms with Crippen LogP contribution in [0.1, 0.15) is 27.7 Å². The Morgan fingerprint density at radius 3 is 2.00 bits per heavy atom. The van der Waals surface area contributed by atoms with E-state index < -0.39 is 10.0 Å². The molecule has 0 aliphatic heterocycles. The van der Waals surface area contributed by atoms with Gasteiger partial charge in [-0.3, -0.25) is 0 Å². The van der Waals surface area contributed by atoms with E-state index in [9.17, 15) is 8.42 Å². The van der Waals surface area contributed by atoms with E-state index in [1.165, 1.54) is 4.31 Å². The second-order valence-electron chi connectivity index (χ2n) is 4.41. The van der Waals surface area contributed by atoms with Crippen molar-refractivity contribution in [1.82, 2.24) is 9.62 Å². The van der Waals surface area contributed by atoms with Gasteiger partial charge in [-0.25, -0.2) is 12.7 Å². The molecule has 0 amide bonds. The molecule has 4 nitrogen and oxygen atoms in total. The molecule has 0 radical (unpaired) electrons. The summed E-state index contributed by atoms with van der Waals surface area (Å²) < 4.78 is 25.6. The van der Waals surface area contributed by atoms with Gasteiger partial charge in [-0.2, -0.15) is 0 Å². The summed E-state index contributed by atoms with van der Waals surface area (Å²) in [6, 6.07) is 0.0364. The molecule has 0 heterocycles. The van der Waals surface area contributed by atoms with Crippen LogP contribution in [-0.4, -0.2) is 44.7 Å². The molecule has 0 saturated carbocycles. The molecule has 0 saturated heterocycles. The van der Waals surface area contributed by atoms with Crippen molar-refractivity contribution in [2.24, 2.45) is 5.92 Å². The summed E-state index contributed by atoms with van der Waals surface area (Å²) in [7, 11) is 0.246. The van der Waals surface area contributed by atoms with Gasteiger partial charge in [0.25, 0.3) is 0 Å². The van der Waals surface area contributed by atoms with E-state index in [2.05, 4.69) is 5.32 Å². The number of sulfonamides is 1. The average Bonchev–Trinajstić information content (AvgIpc) is 2.15. The highest BCUT2D eigenvalue weighted by Gasteiger charge is 2.29. The molecule has 0 rings (SSSR count). The molecule has 0 bridgehead atoms. The van der Waals surface area contributed by atoms with Crippen molar-refractivity contribution in [2.45, 2.75) is 39.0 Å². The van der Waals surface area contributed by atoms with Crippen molar-refractivity contribution < 1.29 is 8.42 Å². The predicted octanol–water partition coefficient (Wildman–Crippen LogP) is 0.900. The number of hydrogen-bond acceptors (Lipinski definition) is 3. The van der Waals surface area contributed by atoms with Crippen LogP contribution in [0, 0.1) is 5.92 Å². The zero-order valence-corrected chi connectivity index (χ0v) is 11.4. The molecule has 92 valence electrons. The molecule has 0 aromatic heterocycles. The maximum absolute atomic E-state index is 12.1. The molecule has 0 aliphatic carbocycles. The minimum absolute atomic E-state index is 0.0364. The van der Waals surface area contributed by atoms with E-state index in [-0.39, 0.29) is 11.3 Å². The van der Waals surface area contributed by atoms with Gasteiger partial charge in [0.1, 0.15) is 0 Å². The van der Waals surface area contributed by atoms with Crippen LogP contribution < -0.4 is 5.32 Å². The molecule has 5 heteroatoms. The minimum atomic E-state index is -3.17. The molecule has 0 aromatic rings. The Bertz CT molecular complexity index is 275. The molecule has 0 aromatic carbocycles. The van der Waals surface area contributed by atoms with Crippen LogP contribution in [0.5, 0.6) is 0 Å². The fourth-order valence-corrected chi connectivity index (χ4v) is 2.98. The van der Waals surface area contributed by atoms with Crippen molar-refractivity contribution in [3.8, 4) is 0 Å². The summed E-state index contributed by atoms with van der Waals surface area (Å²) in [4.78, 5) is 0. The largest absolute Gasteiger partial charge is 0.318 e. The van der Waals surface area contributed by atoms with Gasteiger partial charge in [-0.1, -0.05) is 13.8 Å².